The van der Waals surface area contributed by atoms with Gasteiger partial charge < -0.3 is 14.8 Å². The van der Waals surface area contributed by atoms with Gasteiger partial charge in [0.15, 0.2) is 0 Å². The van der Waals surface area contributed by atoms with Crippen LogP contribution in [0.2, 0.25) is 0 Å². The average Bonchev–Trinajstić information content (AvgIpc) is 2.34. The Kier molecular flexibility index (Phi) is 6.25. The summed E-state index contributed by atoms with van der Waals surface area (Å²) >= 11 is 0. The van der Waals surface area contributed by atoms with E-state index in [1.165, 1.54) is 0 Å². The van der Waals surface area contributed by atoms with Gasteiger partial charge in [-0.2, -0.15) is 0 Å². The van der Waals surface area contributed by atoms with Crippen LogP contribution in [0.25, 0.3) is 0 Å². The largest absolute Gasteiger partial charge is 0.472 e. The van der Waals surface area contributed by atoms with Crippen LogP contribution >= 0.6 is 0 Å². The first-order valence-corrected chi connectivity index (χ1v) is 6.85. The van der Waals surface area contributed by atoms with Crippen molar-refractivity contribution in [2.24, 2.45) is 0 Å². The highest BCUT2D eigenvalue weighted by Gasteiger charge is 2.13. The van der Waals surface area contributed by atoms with Gasteiger partial charge in [-0.1, -0.05) is 6.07 Å². The summed E-state index contributed by atoms with van der Waals surface area (Å²) in [7, 11) is 0. The highest BCUT2D eigenvalue weighted by molar-refractivity contribution is 5.25. The molecule has 0 aliphatic heterocycles. The van der Waals surface area contributed by atoms with E-state index >= 15 is 0 Å². The number of nitrogens with one attached hydrogen (secondary N) is 1. The second kappa shape index (κ2) is 7.46. The Morgan fingerprint density at radius 2 is 2.11 bits per heavy atom. The van der Waals surface area contributed by atoms with Gasteiger partial charge in [0.25, 0.3) is 0 Å². The molecule has 0 aromatic carbocycles. The molecule has 1 N–H and O–H groups in total. The molecular weight excluding hydrogens is 240 g/mol. The maximum Gasteiger partial charge on any atom is 0.218 e. The highest BCUT2D eigenvalue weighted by Crippen LogP contribution is 2.17. The lowest BCUT2D eigenvalue weighted by molar-refractivity contribution is 0.0627. The Balaban J connectivity index is 2.62. The summed E-state index contributed by atoms with van der Waals surface area (Å²) in [6.07, 6.45) is 1.76. The van der Waals surface area contributed by atoms with Gasteiger partial charge in [-0.25, -0.2) is 4.98 Å². The average molecular weight is 266 g/mol. The minimum atomic E-state index is 0.00300. The third kappa shape index (κ3) is 6.55. The zero-order chi connectivity index (χ0) is 14.3. The van der Waals surface area contributed by atoms with E-state index in [9.17, 15) is 0 Å². The minimum absolute atomic E-state index is 0.00300. The molecule has 1 aromatic rings. The van der Waals surface area contributed by atoms with E-state index in [-0.39, 0.29) is 11.6 Å². The molecule has 1 unspecified atom stereocenters. The third-order valence-corrected chi connectivity index (χ3v) is 2.53. The van der Waals surface area contributed by atoms with Gasteiger partial charge in [0.1, 0.15) is 6.10 Å². The summed E-state index contributed by atoms with van der Waals surface area (Å²) in [4.78, 5) is 4.31. The normalized spacial score (nSPS) is 13.3. The molecule has 0 aliphatic carbocycles. The predicted octanol–water partition coefficient (Wildman–Crippen LogP) is 2.77. The van der Waals surface area contributed by atoms with E-state index in [4.69, 9.17) is 9.47 Å². The van der Waals surface area contributed by atoms with E-state index < -0.39 is 0 Å². The number of hydrogen-bond acceptors (Lipinski definition) is 4. The first kappa shape index (κ1) is 15.9. The molecule has 0 bridgehead atoms. The van der Waals surface area contributed by atoms with E-state index in [1.54, 1.807) is 6.20 Å². The fourth-order valence-corrected chi connectivity index (χ4v) is 1.53. The molecule has 0 saturated heterocycles. The van der Waals surface area contributed by atoms with Crippen molar-refractivity contribution in [3.63, 3.8) is 0 Å². The summed E-state index contributed by atoms with van der Waals surface area (Å²) in [6, 6.07) is 3.97. The number of pyridine rings is 1. The molecular formula is C15H26N2O2. The van der Waals surface area contributed by atoms with Gasteiger partial charge in [-0.05, 0) is 40.7 Å². The molecule has 0 radical (unpaired) electrons. The predicted molar refractivity (Wildman–Crippen MR) is 77.4 cm³/mol. The monoisotopic (exact) mass is 266 g/mol. The molecule has 4 nitrogen and oxygen atoms in total. The molecule has 0 aliphatic rings. The van der Waals surface area contributed by atoms with Gasteiger partial charge in [0.2, 0.25) is 5.88 Å². The van der Waals surface area contributed by atoms with Crippen molar-refractivity contribution in [2.45, 2.75) is 52.8 Å². The maximum atomic E-state index is 5.84. The Morgan fingerprint density at radius 1 is 1.37 bits per heavy atom. The molecule has 4 heteroatoms. The molecule has 108 valence electrons. The standard InChI is InChI=1S/C15H26N2O2/c1-6-18-11-12(2)19-14-13(8-7-9-16-14)10-17-15(3,4)5/h7-9,12,17H,6,10-11H2,1-5H3. The number of aromatic nitrogens is 1. The lowest BCUT2D eigenvalue weighted by Gasteiger charge is -2.22. The van der Waals surface area contributed by atoms with Crippen molar-refractivity contribution < 1.29 is 9.47 Å². The second-order valence-corrected chi connectivity index (χ2v) is 5.66. The fourth-order valence-electron chi connectivity index (χ4n) is 1.53. The van der Waals surface area contributed by atoms with Crippen molar-refractivity contribution in [3.8, 4) is 5.88 Å². The van der Waals surface area contributed by atoms with Gasteiger partial charge in [-0.15, -0.1) is 0 Å². The Hall–Kier alpha value is -1.13. The Bertz CT molecular complexity index is 375. The topological polar surface area (TPSA) is 43.4 Å². The molecule has 1 aromatic heterocycles. The summed E-state index contributed by atoms with van der Waals surface area (Å²) < 4.78 is 11.2. The van der Waals surface area contributed by atoms with Gasteiger partial charge in [0.05, 0.1) is 6.61 Å². The first-order chi connectivity index (χ1) is 8.92. The van der Waals surface area contributed by atoms with Crippen LogP contribution in [0.15, 0.2) is 18.3 Å². The van der Waals surface area contributed by atoms with E-state index in [0.29, 0.717) is 19.1 Å². The zero-order valence-electron chi connectivity index (χ0n) is 12.7. The summed E-state index contributed by atoms with van der Waals surface area (Å²) in [6.45, 7) is 12.4. The van der Waals surface area contributed by atoms with Crippen LogP contribution in [0, 0.1) is 0 Å². The van der Waals surface area contributed by atoms with E-state index in [2.05, 4.69) is 31.1 Å². The number of rotatable bonds is 7. The molecule has 1 atom stereocenters. The van der Waals surface area contributed by atoms with E-state index in [1.807, 2.05) is 26.0 Å². The van der Waals surface area contributed by atoms with Gasteiger partial charge in [-0.3, -0.25) is 0 Å². The van der Waals surface area contributed by atoms with Crippen LogP contribution < -0.4 is 10.1 Å². The van der Waals surface area contributed by atoms with Crippen LogP contribution in [-0.4, -0.2) is 29.8 Å². The number of hydrogen-bond donors (Lipinski definition) is 1. The third-order valence-electron chi connectivity index (χ3n) is 2.53. The van der Waals surface area contributed by atoms with Crippen LogP contribution in [0.3, 0.4) is 0 Å². The fraction of sp³-hybridized carbons (Fsp3) is 0.667. The number of nitrogens with zero attached hydrogens (tertiary/aromatic N) is 1. The maximum absolute atomic E-state index is 5.84. The molecule has 1 heterocycles. The molecule has 0 saturated carbocycles. The lowest BCUT2D eigenvalue weighted by Crippen LogP contribution is -2.35. The smallest absolute Gasteiger partial charge is 0.218 e. The van der Waals surface area contributed by atoms with Crippen molar-refractivity contribution in [1.82, 2.24) is 10.3 Å². The van der Waals surface area contributed by atoms with Gasteiger partial charge >= 0.3 is 0 Å². The molecule has 0 amide bonds. The van der Waals surface area contributed by atoms with Crippen LogP contribution in [-0.2, 0) is 11.3 Å². The summed E-state index contributed by atoms with van der Waals surface area (Å²) in [5.41, 5.74) is 1.14. The van der Waals surface area contributed by atoms with Crippen molar-refractivity contribution >= 4 is 0 Å². The van der Waals surface area contributed by atoms with Gasteiger partial charge in [0, 0.05) is 30.5 Å². The summed E-state index contributed by atoms with van der Waals surface area (Å²) in [5.74, 6) is 0.687. The Morgan fingerprint density at radius 3 is 2.74 bits per heavy atom. The zero-order valence-corrected chi connectivity index (χ0v) is 12.7. The molecule has 0 fully saturated rings. The van der Waals surface area contributed by atoms with E-state index in [0.717, 1.165) is 12.1 Å². The lowest BCUT2D eigenvalue weighted by atomic mass is 10.1. The Labute approximate surface area is 116 Å². The van der Waals surface area contributed by atoms with Crippen LogP contribution in [0.1, 0.15) is 40.2 Å². The first-order valence-electron chi connectivity index (χ1n) is 6.85. The molecule has 1 rings (SSSR count). The quantitative estimate of drug-likeness (QED) is 0.824. The summed E-state index contributed by atoms with van der Waals surface area (Å²) in [5, 5.41) is 3.44. The second-order valence-electron chi connectivity index (χ2n) is 5.66. The van der Waals surface area contributed by atoms with Crippen molar-refractivity contribution in [2.75, 3.05) is 13.2 Å². The van der Waals surface area contributed by atoms with Crippen LogP contribution in [0.5, 0.6) is 5.88 Å². The van der Waals surface area contributed by atoms with Crippen molar-refractivity contribution in [3.05, 3.63) is 23.9 Å². The van der Waals surface area contributed by atoms with Crippen LogP contribution in [0.4, 0.5) is 0 Å². The molecule has 19 heavy (non-hydrogen) atoms. The molecule has 0 spiro atoms. The highest BCUT2D eigenvalue weighted by atomic mass is 16.5. The number of ether oxygens (including phenoxy) is 2. The van der Waals surface area contributed by atoms with Crippen molar-refractivity contribution in [1.29, 1.82) is 0 Å². The minimum Gasteiger partial charge on any atom is -0.472 e. The SMILES string of the molecule is CCOCC(C)Oc1ncccc1CNC(C)(C)C.